The molecule has 0 bridgehead atoms. The van der Waals surface area contributed by atoms with Crippen molar-refractivity contribution < 1.29 is 9.53 Å². The van der Waals surface area contributed by atoms with Crippen LogP contribution in [0.5, 0.6) is 5.75 Å². The smallest absolute Gasteiger partial charge is 0.360 e. The number of aromatic amines is 1. The predicted molar refractivity (Wildman–Crippen MR) is 85.7 cm³/mol. The monoisotopic (exact) mass is 313 g/mol. The van der Waals surface area contributed by atoms with Gasteiger partial charge in [-0.05, 0) is 48.2 Å². The Kier molecular flexibility index (Phi) is 3.69. The summed E-state index contributed by atoms with van der Waals surface area (Å²) < 4.78 is 5.32. The number of halogens is 1. The summed E-state index contributed by atoms with van der Waals surface area (Å²) in [7, 11) is 0. The lowest BCUT2D eigenvalue weighted by molar-refractivity contribution is 0.0727. The van der Waals surface area contributed by atoms with Gasteiger partial charge in [0.25, 0.3) is 5.56 Å². The van der Waals surface area contributed by atoms with Crippen LogP contribution in [0.15, 0.2) is 53.3 Å². The number of aryl methyl sites for hydroxylation is 1. The van der Waals surface area contributed by atoms with Gasteiger partial charge in [0.05, 0.1) is 0 Å². The van der Waals surface area contributed by atoms with Gasteiger partial charge in [0, 0.05) is 10.4 Å². The van der Waals surface area contributed by atoms with Crippen LogP contribution >= 0.6 is 11.6 Å². The molecule has 110 valence electrons. The Labute approximate surface area is 131 Å². The first-order valence-corrected chi connectivity index (χ1v) is 7.03. The summed E-state index contributed by atoms with van der Waals surface area (Å²) in [6.45, 7) is 1.79. The number of ether oxygens (including phenoxy) is 1. The molecule has 1 heterocycles. The summed E-state index contributed by atoms with van der Waals surface area (Å²) in [6, 6.07) is 13.6. The minimum Gasteiger partial charge on any atom is -0.422 e. The number of benzene rings is 2. The maximum absolute atomic E-state index is 12.2. The average molecular weight is 314 g/mol. The lowest BCUT2D eigenvalue weighted by Crippen LogP contribution is -2.17. The Morgan fingerprint density at radius 3 is 2.68 bits per heavy atom. The van der Waals surface area contributed by atoms with Crippen LogP contribution in [-0.4, -0.2) is 11.0 Å². The number of carbonyl (C=O) groups excluding carboxylic acids is 1. The van der Waals surface area contributed by atoms with Gasteiger partial charge < -0.3 is 9.72 Å². The van der Waals surface area contributed by atoms with Crippen molar-refractivity contribution in [2.45, 2.75) is 6.92 Å². The van der Waals surface area contributed by atoms with Crippen LogP contribution in [0.3, 0.4) is 0 Å². The number of esters is 1. The highest BCUT2D eigenvalue weighted by atomic mass is 35.5. The molecule has 0 aliphatic carbocycles. The number of carbonyl (C=O) groups is 1. The third kappa shape index (κ3) is 2.73. The molecule has 3 rings (SSSR count). The third-order valence-corrected chi connectivity index (χ3v) is 3.55. The highest BCUT2D eigenvalue weighted by molar-refractivity contribution is 6.30. The third-order valence-electron chi connectivity index (χ3n) is 3.31. The van der Waals surface area contributed by atoms with Gasteiger partial charge in [0.15, 0.2) is 0 Å². The molecule has 0 spiro atoms. The molecule has 0 aliphatic rings. The number of rotatable bonds is 2. The van der Waals surface area contributed by atoms with Gasteiger partial charge >= 0.3 is 5.97 Å². The molecule has 4 nitrogen and oxygen atoms in total. The molecule has 2 aromatic carbocycles. The van der Waals surface area contributed by atoms with Crippen molar-refractivity contribution in [1.82, 2.24) is 4.98 Å². The van der Waals surface area contributed by atoms with Gasteiger partial charge in [-0.1, -0.05) is 29.8 Å². The Morgan fingerprint density at radius 1 is 1.14 bits per heavy atom. The van der Waals surface area contributed by atoms with Crippen molar-refractivity contribution in [3.05, 3.63) is 75.2 Å². The lowest BCUT2D eigenvalue weighted by atomic mass is 10.1. The molecule has 0 aliphatic heterocycles. The summed E-state index contributed by atoms with van der Waals surface area (Å²) >= 11 is 5.87. The largest absolute Gasteiger partial charge is 0.422 e. The van der Waals surface area contributed by atoms with Crippen molar-refractivity contribution in [2.24, 2.45) is 0 Å². The first-order chi connectivity index (χ1) is 10.5. The number of fused-ring (bicyclic) bond motifs is 1. The first kappa shape index (κ1) is 14.4. The molecular formula is C17H12ClNO3. The molecule has 0 saturated heterocycles. The van der Waals surface area contributed by atoms with E-state index in [4.69, 9.17) is 16.3 Å². The van der Waals surface area contributed by atoms with Crippen molar-refractivity contribution in [3.63, 3.8) is 0 Å². The van der Waals surface area contributed by atoms with Gasteiger partial charge in [-0.15, -0.1) is 0 Å². The topological polar surface area (TPSA) is 59.2 Å². The van der Waals surface area contributed by atoms with E-state index in [0.29, 0.717) is 21.5 Å². The van der Waals surface area contributed by atoms with E-state index in [1.54, 1.807) is 55.5 Å². The molecule has 1 aromatic heterocycles. The van der Waals surface area contributed by atoms with E-state index < -0.39 is 5.97 Å². The fourth-order valence-corrected chi connectivity index (χ4v) is 2.43. The second-order valence-electron chi connectivity index (χ2n) is 4.90. The summed E-state index contributed by atoms with van der Waals surface area (Å²) in [5.41, 5.74) is 0.528. The van der Waals surface area contributed by atoms with E-state index in [9.17, 15) is 9.59 Å². The summed E-state index contributed by atoms with van der Waals surface area (Å²) in [5, 5.41) is 1.78. The molecule has 1 N–H and O–H groups in total. The van der Waals surface area contributed by atoms with Crippen LogP contribution < -0.4 is 10.3 Å². The molecular weight excluding hydrogens is 302 g/mol. The zero-order chi connectivity index (χ0) is 15.7. The fourth-order valence-electron chi connectivity index (χ4n) is 2.20. The second-order valence-corrected chi connectivity index (χ2v) is 5.34. The van der Waals surface area contributed by atoms with Gasteiger partial charge in [0.1, 0.15) is 11.4 Å². The van der Waals surface area contributed by atoms with E-state index in [0.717, 1.165) is 5.56 Å². The van der Waals surface area contributed by atoms with Crippen molar-refractivity contribution >= 4 is 28.3 Å². The van der Waals surface area contributed by atoms with Crippen molar-refractivity contribution in [3.8, 4) is 5.75 Å². The molecule has 0 fully saturated rings. The molecule has 0 amide bonds. The van der Waals surface area contributed by atoms with Crippen LogP contribution in [0.25, 0.3) is 10.8 Å². The second kappa shape index (κ2) is 5.66. The van der Waals surface area contributed by atoms with E-state index >= 15 is 0 Å². The fraction of sp³-hybridized carbons (Fsp3) is 0.0588. The summed E-state index contributed by atoms with van der Waals surface area (Å²) in [4.78, 5) is 26.8. The molecule has 3 aromatic rings. The minimum absolute atomic E-state index is 0.109. The van der Waals surface area contributed by atoms with Crippen LogP contribution in [0, 0.1) is 6.92 Å². The van der Waals surface area contributed by atoms with Crippen LogP contribution in [0.2, 0.25) is 5.02 Å². The van der Waals surface area contributed by atoms with E-state index in [1.807, 2.05) is 0 Å². The van der Waals surface area contributed by atoms with Gasteiger partial charge in [-0.25, -0.2) is 4.79 Å². The quantitative estimate of drug-likeness (QED) is 0.579. The van der Waals surface area contributed by atoms with Crippen molar-refractivity contribution in [2.75, 3.05) is 0 Å². The van der Waals surface area contributed by atoms with Gasteiger partial charge in [-0.3, -0.25) is 4.79 Å². The highest BCUT2D eigenvalue weighted by Gasteiger charge is 2.13. The van der Waals surface area contributed by atoms with Crippen LogP contribution in [0.4, 0.5) is 0 Å². The predicted octanol–water partition coefficient (Wildman–Crippen LogP) is 3.71. The standard InChI is InChI=1S/C17H12ClNO3/c1-10-8-12(18)6-7-15(10)22-17(21)14-9-11-4-2-3-5-13(11)16(20)19-14/h2-9H,1H3,(H,19,20). The zero-order valence-electron chi connectivity index (χ0n) is 11.7. The maximum atomic E-state index is 12.2. The Bertz CT molecular complexity index is 931. The number of pyridine rings is 1. The van der Waals surface area contributed by atoms with Crippen molar-refractivity contribution in [1.29, 1.82) is 0 Å². The molecule has 22 heavy (non-hydrogen) atoms. The molecule has 0 unspecified atom stereocenters. The maximum Gasteiger partial charge on any atom is 0.360 e. The Morgan fingerprint density at radius 2 is 1.91 bits per heavy atom. The molecule has 0 radical (unpaired) electrons. The van der Waals surface area contributed by atoms with E-state index in [1.165, 1.54) is 0 Å². The SMILES string of the molecule is Cc1cc(Cl)ccc1OC(=O)c1cc2ccccc2c(=O)[nH]1. The number of nitrogens with one attached hydrogen (secondary N) is 1. The first-order valence-electron chi connectivity index (χ1n) is 6.65. The molecule has 0 atom stereocenters. The number of aromatic nitrogens is 1. The number of hydrogen-bond acceptors (Lipinski definition) is 3. The minimum atomic E-state index is -0.617. The normalized spacial score (nSPS) is 10.6. The summed E-state index contributed by atoms with van der Waals surface area (Å²) in [6.07, 6.45) is 0. The lowest BCUT2D eigenvalue weighted by Gasteiger charge is -2.08. The molecule has 0 saturated carbocycles. The van der Waals surface area contributed by atoms with Crippen LogP contribution in [-0.2, 0) is 0 Å². The van der Waals surface area contributed by atoms with E-state index in [-0.39, 0.29) is 11.3 Å². The van der Waals surface area contributed by atoms with E-state index in [2.05, 4.69) is 4.98 Å². The average Bonchev–Trinajstić information content (AvgIpc) is 2.50. The zero-order valence-corrected chi connectivity index (χ0v) is 12.5. The Balaban J connectivity index is 1.97. The van der Waals surface area contributed by atoms with Gasteiger partial charge in [0.2, 0.25) is 0 Å². The summed E-state index contributed by atoms with van der Waals surface area (Å²) in [5.74, 6) is -0.211. The molecule has 5 heteroatoms. The Hall–Kier alpha value is -2.59. The highest BCUT2D eigenvalue weighted by Crippen LogP contribution is 2.22. The number of H-pyrrole nitrogens is 1. The van der Waals surface area contributed by atoms with Gasteiger partial charge in [-0.2, -0.15) is 0 Å². The number of hydrogen-bond donors (Lipinski definition) is 1. The van der Waals surface area contributed by atoms with Crippen LogP contribution in [0.1, 0.15) is 16.1 Å².